The highest BCUT2D eigenvalue weighted by Crippen LogP contribution is 2.45. The predicted molar refractivity (Wildman–Crippen MR) is 188 cm³/mol. The van der Waals surface area contributed by atoms with E-state index in [1.54, 1.807) is 0 Å². The minimum atomic E-state index is 0.894. The van der Waals surface area contributed by atoms with Crippen LogP contribution in [0.15, 0.2) is 148 Å². The van der Waals surface area contributed by atoms with Crippen molar-refractivity contribution in [3.63, 3.8) is 0 Å². The summed E-state index contributed by atoms with van der Waals surface area (Å²) in [6.45, 7) is 0. The second kappa shape index (κ2) is 10.8. The van der Waals surface area contributed by atoms with Gasteiger partial charge in [-0.15, -0.1) is 0 Å². The molecule has 0 spiro atoms. The molecule has 9 rings (SSSR count). The van der Waals surface area contributed by atoms with Gasteiger partial charge in [0.15, 0.2) is 0 Å². The topological polar surface area (TPSA) is 26.3 Å². The van der Waals surface area contributed by atoms with Crippen LogP contribution in [0.3, 0.4) is 0 Å². The van der Waals surface area contributed by atoms with Crippen molar-refractivity contribution in [2.45, 2.75) is 12.8 Å². The molecule has 0 atom stereocenters. The summed E-state index contributed by atoms with van der Waals surface area (Å²) >= 11 is 0. The maximum Gasteiger partial charge on any atom is 0.142 e. The zero-order valence-corrected chi connectivity index (χ0v) is 25.1. The maximum absolute atomic E-state index is 7.01. The van der Waals surface area contributed by atoms with Crippen molar-refractivity contribution in [3.8, 4) is 56.0 Å². The fraction of sp³-hybridized carbons (Fsp3) is 0.0455. The summed E-state index contributed by atoms with van der Waals surface area (Å²) in [6, 6.07) is 53.0. The Labute approximate surface area is 267 Å². The quantitative estimate of drug-likeness (QED) is 0.200. The predicted octanol–water partition coefficient (Wildman–Crippen LogP) is 12.1. The van der Waals surface area contributed by atoms with Crippen LogP contribution in [0.5, 0.6) is 0 Å². The Kier molecular flexibility index (Phi) is 6.21. The van der Waals surface area contributed by atoms with Gasteiger partial charge in [0.05, 0.1) is 0 Å². The highest BCUT2D eigenvalue weighted by Gasteiger charge is 2.25. The summed E-state index contributed by atoms with van der Waals surface area (Å²) in [7, 11) is 0. The smallest absolute Gasteiger partial charge is 0.142 e. The number of hydrogen-bond acceptors (Lipinski definition) is 2. The maximum atomic E-state index is 7.01. The van der Waals surface area contributed by atoms with Crippen LogP contribution in [-0.4, -0.2) is 0 Å². The molecule has 0 unspecified atom stereocenters. The number of fused-ring (bicyclic) bond motifs is 4. The molecule has 2 heterocycles. The molecule has 0 fully saturated rings. The molecule has 0 bridgehead atoms. The Morgan fingerprint density at radius 3 is 2.22 bits per heavy atom. The lowest BCUT2D eigenvalue weighted by Gasteiger charge is -2.13. The van der Waals surface area contributed by atoms with Crippen LogP contribution in [0.1, 0.15) is 17.5 Å². The van der Waals surface area contributed by atoms with Gasteiger partial charge in [-0.05, 0) is 77.6 Å². The first-order valence-electron chi connectivity index (χ1n) is 15.7. The Bertz CT molecular complexity index is 2400. The monoisotopic (exact) mass is 588 g/mol. The molecule has 0 radical (unpaired) electrons. The van der Waals surface area contributed by atoms with Crippen LogP contribution in [0.25, 0.3) is 84.0 Å². The van der Waals surface area contributed by atoms with Crippen LogP contribution >= 0.6 is 0 Å². The van der Waals surface area contributed by atoms with Gasteiger partial charge in [-0.3, -0.25) is 0 Å². The third-order valence-corrected chi connectivity index (χ3v) is 9.04. The molecule has 0 amide bonds. The van der Waals surface area contributed by atoms with Crippen LogP contribution in [0, 0.1) is 12.1 Å². The summed E-state index contributed by atoms with van der Waals surface area (Å²) < 4.78 is 13.1. The SMILES string of the molecule is c1cccc(-c2ccc(-c3ccc4oc5ccccc5c4c3)cc2-c2oc(-c3cccc(-c4ccccc4)c3)c3c2CCC=C3)c#1. The lowest BCUT2D eigenvalue weighted by atomic mass is 9.89. The van der Waals surface area contributed by atoms with Gasteiger partial charge in [0, 0.05) is 44.2 Å². The van der Waals surface area contributed by atoms with Crippen molar-refractivity contribution in [2.75, 3.05) is 0 Å². The average Bonchev–Trinajstić information content (AvgIpc) is 3.71. The third-order valence-electron chi connectivity index (χ3n) is 9.04. The molecule has 0 saturated heterocycles. The molecule has 0 N–H and O–H groups in total. The van der Waals surface area contributed by atoms with Gasteiger partial charge in [0.25, 0.3) is 0 Å². The third kappa shape index (κ3) is 4.45. The first-order chi connectivity index (χ1) is 22.8. The van der Waals surface area contributed by atoms with E-state index in [0.29, 0.717) is 0 Å². The molecule has 8 aromatic rings. The van der Waals surface area contributed by atoms with E-state index in [9.17, 15) is 0 Å². The van der Waals surface area contributed by atoms with Crippen molar-refractivity contribution in [2.24, 2.45) is 0 Å². The second-order valence-electron chi connectivity index (χ2n) is 11.8. The lowest BCUT2D eigenvalue weighted by molar-refractivity contribution is 0.594. The first kappa shape index (κ1) is 26.4. The van der Waals surface area contributed by atoms with Gasteiger partial charge in [-0.2, -0.15) is 0 Å². The second-order valence-corrected chi connectivity index (χ2v) is 11.8. The highest BCUT2D eigenvalue weighted by molar-refractivity contribution is 6.06. The van der Waals surface area contributed by atoms with E-state index in [1.807, 2.05) is 24.3 Å². The Balaban J connectivity index is 1.24. The minimum Gasteiger partial charge on any atom is -0.456 e. The lowest BCUT2D eigenvalue weighted by Crippen LogP contribution is -1.94. The van der Waals surface area contributed by atoms with E-state index < -0.39 is 0 Å². The number of allylic oxidation sites excluding steroid dienone is 1. The highest BCUT2D eigenvalue weighted by atomic mass is 16.3. The van der Waals surface area contributed by atoms with E-state index in [-0.39, 0.29) is 0 Å². The largest absolute Gasteiger partial charge is 0.456 e. The van der Waals surface area contributed by atoms with Crippen molar-refractivity contribution < 1.29 is 8.83 Å². The zero-order valence-electron chi connectivity index (χ0n) is 25.1. The summed E-state index contributed by atoms with van der Waals surface area (Å²) in [5.74, 6) is 1.83. The van der Waals surface area contributed by atoms with Crippen molar-refractivity contribution in [3.05, 3.63) is 163 Å². The number of furan rings is 2. The summed E-state index contributed by atoms with van der Waals surface area (Å²) in [6.07, 6.45) is 6.39. The molecule has 216 valence electrons. The van der Waals surface area contributed by atoms with Crippen molar-refractivity contribution in [1.82, 2.24) is 0 Å². The van der Waals surface area contributed by atoms with Crippen molar-refractivity contribution in [1.29, 1.82) is 0 Å². The number of para-hydroxylation sites is 1. The van der Waals surface area contributed by atoms with E-state index in [2.05, 4.69) is 133 Å². The normalized spacial score (nSPS) is 12.3. The number of rotatable bonds is 5. The molecular formula is C44H28O2. The van der Waals surface area contributed by atoms with E-state index >= 15 is 0 Å². The fourth-order valence-corrected chi connectivity index (χ4v) is 6.80. The Hall–Kier alpha value is -6.04. The molecule has 0 saturated carbocycles. The number of benzene rings is 5. The van der Waals surface area contributed by atoms with E-state index in [0.717, 1.165) is 85.2 Å². The van der Waals surface area contributed by atoms with E-state index in [4.69, 9.17) is 8.83 Å². The molecule has 1 aliphatic carbocycles. The number of hydrogen-bond donors (Lipinski definition) is 0. The average molecular weight is 589 g/mol. The molecule has 0 aliphatic heterocycles. The molecule has 2 nitrogen and oxygen atoms in total. The first-order valence-corrected chi connectivity index (χ1v) is 15.7. The van der Waals surface area contributed by atoms with Crippen LogP contribution in [0.4, 0.5) is 0 Å². The molecular weight excluding hydrogens is 560 g/mol. The molecule has 1 aliphatic rings. The van der Waals surface area contributed by atoms with Crippen molar-refractivity contribution >= 4 is 28.0 Å². The fourth-order valence-electron chi connectivity index (χ4n) is 6.80. The van der Waals surface area contributed by atoms with Gasteiger partial charge < -0.3 is 8.83 Å². The summed E-state index contributed by atoms with van der Waals surface area (Å²) in [4.78, 5) is 0. The van der Waals surface area contributed by atoms with Gasteiger partial charge >= 0.3 is 0 Å². The Morgan fingerprint density at radius 2 is 1.30 bits per heavy atom. The minimum absolute atomic E-state index is 0.894. The molecule has 2 aromatic heterocycles. The van der Waals surface area contributed by atoms with Gasteiger partial charge in [0.1, 0.15) is 22.7 Å². The molecule has 2 heteroatoms. The van der Waals surface area contributed by atoms with Crippen LogP contribution in [0.2, 0.25) is 0 Å². The zero-order chi connectivity index (χ0) is 30.5. The van der Waals surface area contributed by atoms with Crippen LogP contribution in [-0.2, 0) is 6.42 Å². The standard InChI is InChI=1S/C44H28O2/c1-3-12-29(13-4-1)31-16-11-17-34(26-31)43-37-19-7-8-20-38(37)44(46-43)40-28-32(22-24-35(40)30-14-5-2-6-15-30)33-23-25-42-39(27-33)36-18-9-10-21-41(36)45-42/h1-5,7,9-14,16-19,21-28H,8,20H2. The molecule has 6 aromatic carbocycles. The van der Waals surface area contributed by atoms with Gasteiger partial charge in [-0.25, -0.2) is 0 Å². The Morgan fingerprint density at radius 1 is 0.522 bits per heavy atom. The van der Waals surface area contributed by atoms with Gasteiger partial charge in [-0.1, -0.05) is 115 Å². The van der Waals surface area contributed by atoms with Crippen LogP contribution < -0.4 is 0 Å². The summed E-state index contributed by atoms with van der Waals surface area (Å²) in [5.41, 5.74) is 13.0. The van der Waals surface area contributed by atoms with Gasteiger partial charge in [0.2, 0.25) is 0 Å². The summed E-state index contributed by atoms with van der Waals surface area (Å²) in [5, 5.41) is 2.24. The molecule has 46 heavy (non-hydrogen) atoms. The van der Waals surface area contributed by atoms with E-state index in [1.165, 1.54) is 16.7 Å².